The van der Waals surface area contributed by atoms with Gasteiger partial charge in [0.1, 0.15) is 0 Å². The first-order valence-corrected chi connectivity index (χ1v) is 9.76. The van der Waals surface area contributed by atoms with Crippen LogP contribution in [0.25, 0.3) is 0 Å². The summed E-state index contributed by atoms with van der Waals surface area (Å²) < 4.78 is 0. The van der Waals surface area contributed by atoms with Gasteiger partial charge in [0.05, 0.1) is 0 Å². The average molecular weight is 326 g/mol. The van der Waals surface area contributed by atoms with E-state index in [2.05, 4.69) is 41.4 Å². The lowest BCUT2D eigenvalue weighted by Crippen LogP contribution is -2.45. The minimum atomic E-state index is 0.234. The summed E-state index contributed by atoms with van der Waals surface area (Å²) in [5.41, 5.74) is 2.79. The third-order valence-corrected chi connectivity index (χ3v) is 6.68. The molecule has 2 aliphatic carbocycles. The standard InChI is InChI=1S/C21H30N2O/c1-15-4-2-3-5-19(15)14-23-10-8-17(9-11-23)21(24)22-20-13-16-6-7-18(20)12-16/h2-5,16-18,20H,6-14H2,1H3,(H,22,24)/t16-,18+,20-/m0/s1. The number of nitrogens with one attached hydrogen (secondary N) is 1. The van der Waals surface area contributed by atoms with E-state index in [1.165, 1.54) is 36.8 Å². The molecule has 3 heteroatoms. The van der Waals surface area contributed by atoms with Crippen molar-refractivity contribution in [2.75, 3.05) is 13.1 Å². The van der Waals surface area contributed by atoms with Gasteiger partial charge in [0.15, 0.2) is 0 Å². The molecule has 0 spiro atoms. The molecule has 3 atom stereocenters. The van der Waals surface area contributed by atoms with Crippen LogP contribution in [0.3, 0.4) is 0 Å². The molecule has 0 aromatic heterocycles. The van der Waals surface area contributed by atoms with E-state index < -0.39 is 0 Å². The van der Waals surface area contributed by atoms with Gasteiger partial charge in [-0.15, -0.1) is 0 Å². The van der Waals surface area contributed by atoms with Gasteiger partial charge in [-0.1, -0.05) is 30.7 Å². The van der Waals surface area contributed by atoms with Gasteiger partial charge in [-0.25, -0.2) is 0 Å². The minimum absolute atomic E-state index is 0.234. The van der Waals surface area contributed by atoms with E-state index in [0.717, 1.165) is 44.3 Å². The Morgan fingerprint density at radius 3 is 2.58 bits per heavy atom. The normalized spacial score (nSPS) is 30.6. The lowest BCUT2D eigenvalue weighted by molar-refractivity contribution is -0.127. The van der Waals surface area contributed by atoms with Crippen molar-refractivity contribution in [2.45, 2.75) is 58.0 Å². The largest absolute Gasteiger partial charge is 0.353 e. The third kappa shape index (κ3) is 3.37. The molecule has 2 bridgehead atoms. The van der Waals surface area contributed by atoms with E-state index in [4.69, 9.17) is 0 Å². The summed E-state index contributed by atoms with van der Waals surface area (Å²) in [6, 6.07) is 9.12. The van der Waals surface area contributed by atoms with Gasteiger partial charge in [-0.05, 0) is 75.1 Å². The Balaban J connectivity index is 1.25. The van der Waals surface area contributed by atoms with Crippen molar-refractivity contribution in [1.82, 2.24) is 10.2 Å². The number of likely N-dealkylation sites (tertiary alicyclic amines) is 1. The number of rotatable bonds is 4. The second-order valence-electron chi connectivity index (χ2n) is 8.27. The highest BCUT2D eigenvalue weighted by atomic mass is 16.2. The molecule has 1 saturated heterocycles. The van der Waals surface area contributed by atoms with Crippen molar-refractivity contribution >= 4 is 5.91 Å². The van der Waals surface area contributed by atoms with Crippen LogP contribution in [-0.4, -0.2) is 29.9 Å². The highest BCUT2D eigenvalue weighted by Gasteiger charge is 2.40. The predicted octanol–water partition coefficient (Wildman–Crippen LogP) is 3.51. The molecule has 1 amide bonds. The van der Waals surface area contributed by atoms with Crippen molar-refractivity contribution in [2.24, 2.45) is 17.8 Å². The second kappa shape index (κ2) is 6.87. The molecule has 1 N–H and O–H groups in total. The van der Waals surface area contributed by atoms with Gasteiger partial charge in [0.25, 0.3) is 0 Å². The fourth-order valence-corrected chi connectivity index (χ4v) is 5.10. The fourth-order valence-electron chi connectivity index (χ4n) is 5.10. The van der Waals surface area contributed by atoms with Crippen LogP contribution in [0.2, 0.25) is 0 Å². The van der Waals surface area contributed by atoms with Crippen LogP contribution in [0.1, 0.15) is 49.7 Å². The first-order valence-electron chi connectivity index (χ1n) is 9.76. The zero-order chi connectivity index (χ0) is 16.5. The summed E-state index contributed by atoms with van der Waals surface area (Å²) in [6.45, 7) is 5.30. The van der Waals surface area contributed by atoms with Gasteiger partial charge < -0.3 is 5.32 Å². The summed E-state index contributed by atoms with van der Waals surface area (Å²) in [6.07, 6.45) is 7.36. The van der Waals surface area contributed by atoms with Crippen molar-refractivity contribution in [3.05, 3.63) is 35.4 Å². The first-order chi connectivity index (χ1) is 11.7. The number of carbonyl (C=O) groups is 1. The number of hydrogen-bond acceptors (Lipinski definition) is 2. The summed E-state index contributed by atoms with van der Waals surface area (Å²) in [5.74, 6) is 2.25. The smallest absolute Gasteiger partial charge is 0.223 e. The molecule has 2 saturated carbocycles. The molecular weight excluding hydrogens is 296 g/mol. The quantitative estimate of drug-likeness (QED) is 0.918. The van der Waals surface area contributed by atoms with Crippen LogP contribution in [-0.2, 0) is 11.3 Å². The molecule has 1 aromatic carbocycles. The van der Waals surface area contributed by atoms with Gasteiger partial charge >= 0.3 is 0 Å². The van der Waals surface area contributed by atoms with Crippen LogP contribution in [0, 0.1) is 24.7 Å². The Morgan fingerprint density at radius 1 is 1.12 bits per heavy atom. The molecule has 3 nitrogen and oxygen atoms in total. The third-order valence-electron chi connectivity index (χ3n) is 6.68. The topological polar surface area (TPSA) is 32.3 Å². The van der Waals surface area contributed by atoms with E-state index in [1.807, 2.05) is 0 Å². The molecule has 4 rings (SSSR count). The fraction of sp³-hybridized carbons (Fsp3) is 0.667. The first kappa shape index (κ1) is 16.1. The molecule has 1 heterocycles. The van der Waals surface area contributed by atoms with Gasteiger partial charge in [-0.3, -0.25) is 9.69 Å². The number of hydrogen-bond donors (Lipinski definition) is 1. The summed E-state index contributed by atoms with van der Waals surface area (Å²) in [4.78, 5) is 15.1. The summed E-state index contributed by atoms with van der Waals surface area (Å²) >= 11 is 0. The highest BCUT2D eigenvalue weighted by Crippen LogP contribution is 2.44. The lowest BCUT2D eigenvalue weighted by atomic mass is 9.92. The van der Waals surface area contributed by atoms with Crippen LogP contribution in [0.5, 0.6) is 0 Å². The summed E-state index contributed by atoms with van der Waals surface area (Å²) in [7, 11) is 0. The van der Waals surface area contributed by atoms with Crippen molar-refractivity contribution in [3.63, 3.8) is 0 Å². The maximum atomic E-state index is 12.6. The zero-order valence-corrected chi connectivity index (χ0v) is 14.8. The second-order valence-corrected chi connectivity index (χ2v) is 8.27. The number of piperidine rings is 1. The number of benzene rings is 1. The van der Waals surface area contributed by atoms with Crippen molar-refractivity contribution < 1.29 is 4.79 Å². The van der Waals surface area contributed by atoms with E-state index in [9.17, 15) is 4.79 Å². The Labute approximate surface area is 145 Å². The molecule has 1 aliphatic heterocycles. The Kier molecular flexibility index (Phi) is 4.62. The molecule has 3 fully saturated rings. The van der Waals surface area contributed by atoms with Gasteiger partial charge in [0.2, 0.25) is 5.91 Å². The van der Waals surface area contributed by atoms with Gasteiger partial charge in [0, 0.05) is 18.5 Å². The SMILES string of the molecule is Cc1ccccc1CN1CCC(C(=O)N[C@H]2C[C@H]3CC[C@@H]2C3)CC1. The molecule has 0 unspecified atom stereocenters. The van der Waals surface area contributed by atoms with E-state index in [0.29, 0.717) is 11.9 Å². The lowest BCUT2D eigenvalue weighted by Gasteiger charge is -2.33. The van der Waals surface area contributed by atoms with E-state index >= 15 is 0 Å². The minimum Gasteiger partial charge on any atom is -0.353 e. The number of carbonyl (C=O) groups excluding carboxylic acids is 1. The van der Waals surface area contributed by atoms with Crippen LogP contribution < -0.4 is 5.32 Å². The molecule has 0 radical (unpaired) electrons. The number of nitrogens with zero attached hydrogens (tertiary/aromatic N) is 1. The molecule has 24 heavy (non-hydrogen) atoms. The predicted molar refractivity (Wildman–Crippen MR) is 96.6 cm³/mol. The highest BCUT2D eigenvalue weighted by molar-refractivity contribution is 5.79. The Bertz CT molecular complexity index is 591. The van der Waals surface area contributed by atoms with E-state index in [1.54, 1.807) is 0 Å². The van der Waals surface area contributed by atoms with Gasteiger partial charge in [-0.2, -0.15) is 0 Å². The molecule has 130 valence electrons. The molecule has 1 aromatic rings. The molecule has 3 aliphatic rings. The Morgan fingerprint density at radius 2 is 1.92 bits per heavy atom. The number of amides is 1. The number of fused-ring (bicyclic) bond motifs is 2. The Hall–Kier alpha value is -1.35. The van der Waals surface area contributed by atoms with Crippen molar-refractivity contribution in [1.29, 1.82) is 0 Å². The maximum absolute atomic E-state index is 12.6. The maximum Gasteiger partial charge on any atom is 0.223 e. The monoisotopic (exact) mass is 326 g/mol. The van der Waals surface area contributed by atoms with Crippen LogP contribution in [0.4, 0.5) is 0 Å². The zero-order valence-electron chi connectivity index (χ0n) is 14.8. The van der Waals surface area contributed by atoms with E-state index in [-0.39, 0.29) is 5.92 Å². The van der Waals surface area contributed by atoms with Crippen LogP contribution >= 0.6 is 0 Å². The van der Waals surface area contributed by atoms with Crippen molar-refractivity contribution in [3.8, 4) is 0 Å². The average Bonchev–Trinajstić information content (AvgIpc) is 3.20. The number of aryl methyl sites for hydroxylation is 1. The molecular formula is C21H30N2O. The van der Waals surface area contributed by atoms with Crippen LogP contribution in [0.15, 0.2) is 24.3 Å². The summed E-state index contributed by atoms with van der Waals surface area (Å²) in [5, 5.41) is 3.40.